The largest absolute Gasteiger partial charge is 0.396 e. The molecule has 0 aromatic heterocycles. The van der Waals surface area contributed by atoms with E-state index in [0.29, 0.717) is 23.3 Å². The summed E-state index contributed by atoms with van der Waals surface area (Å²) in [6, 6.07) is 0. The Kier molecular flexibility index (Phi) is 7.16. The van der Waals surface area contributed by atoms with Crippen molar-refractivity contribution in [1.82, 2.24) is 0 Å². The standard InChI is InChI=1S/C10H21BrO/c1-8(2)10(11)5-4-9(3)6-7-12/h8-10,12H,4-7H2,1-3H3. The fourth-order valence-electron chi connectivity index (χ4n) is 1.14. The Morgan fingerprint density at radius 2 is 1.67 bits per heavy atom. The number of hydrogen-bond donors (Lipinski definition) is 1. The van der Waals surface area contributed by atoms with Crippen molar-refractivity contribution in [3.05, 3.63) is 0 Å². The second-order valence-corrected chi connectivity index (χ2v) is 5.13. The van der Waals surface area contributed by atoms with Crippen molar-refractivity contribution in [3.8, 4) is 0 Å². The van der Waals surface area contributed by atoms with E-state index in [9.17, 15) is 0 Å². The Bertz CT molecular complexity index is 104. The molecule has 0 fully saturated rings. The molecule has 0 aromatic rings. The Morgan fingerprint density at radius 3 is 2.08 bits per heavy atom. The average Bonchev–Trinajstić information content (AvgIpc) is 2.00. The smallest absolute Gasteiger partial charge is 0.0433 e. The maximum absolute atomic E-state index is 8.70. The lowest BCUT2D eigenvalue weighted by Gasteiger charge is -2.16. The quantitative estimate of drug-likeness (QED) is 0.703. The summed E-state index contributed by atoms with van der Waals surface area (Å²) in [4.78, 5) is 0.638. The highest BCUT2D eigenvalue weighted by atomic mass is 79.9. The van der Waals surface area contributed by atoms with E-state index in [1.807, 2.05) is 0 Å². The van der Waals surface area contributed by atoms with Crippen LogP contribution in [0.1, 0.15) is 40.0 Å². The third-order valence-electron chi connectivity index (χ3n) is 2.28. The zero-order chi connectivity index (χ0) is 9.56. The molecule has 0 amide bonds. The zero-order valence-electron chi connectivity index (χ0n) is 8.39. The van der Waals surface area contributed by atoms with Gasteiger partial charge >= 0.3 is 0 Å². The van der Waals surface area contributed by atoms with E-state index >= 15 is 0 Å². The monoisotopic (exact) mass is 236 g/mol. The van der Waals surface area contributed by atoms with Gasteiger partial charge in [-0.25, -0.2) is 0 Å². The number of alkyl halides is 1. The average molecular weight is 237 g/mol. The lowest BCUT2D eigenvalue weighted by Crippen LogP contribution is -2.09. The molecule has 0 spiro atoms. The number of rotatable bonds is 6. The minimum absolute atomic E-state index is 0.329. The predicted molar refractivity (Wildman–Crippen MR) is 57.7 cm³/mol. The van der Waals surface area contributed by atoms with E-state index in [1.54, 1.807) is 0 Å². The van der Waals surface area contributed by atoms with Gasteiger partial charge < -0.3 is 5.11 Å². The van der Waals surface area contributed by atoms with Crippen molar-refractivity contribution in [2.75, 3.05) is 6.61 Å². The molecule has 2 heteroatoms. The first-order valence-electron chi connectivity index (χ1n) is 4.82. The molecule has 12 heavy (non-hydrogen) atoms. The molecule has 1 nitrogen and oxygen atoms in total. The molecule has 0 aliphatic heterocycles. The third-order valence-corrected chi connectivity index (χ3v) is 3.80. The van der Waals surface area contributed by atoms with Crippen LogP contribution in [0.25, 0.3) is 0 Å². The molecule has 1 N–H and O–H groups in total. The van der Waals surface area contributed by atoms with Crippen LogP contribution in [0.3, 0.4) is 0 Å². The molecule has 0 saturated carbocycles. The van der Waals surface area contributed by atoms with E-state index in [1.165, 1.54) is 12.8 Å². The molecular formula is C10H21BrO. The summed E-state index contributed by atoms with van der Waals surface area (Å²) in [5, 5.41) is 8.70. The van der Waals surface area contributed by atoms with Gasteiger partial charge in [0.1, 0.15) is 0 Å². The van der Waals surface area contributed by atoms with Crippen LogP contribution in [-0.2, 0) is 0 Å². The second-order valence-electron chi connectivity index (χ2n) is 3.95. The third kappa shape index (κ3) is 6.01. The van der Waals surface area contributed by atoms with Crippen molar-refractivity contribution in [2.45, 2.75) is 44.9 Å². The highest BCUT2D eigenvalue weighted by Gasteiger charge is 2.10. The summed E-state index contributed by atoms with van der Waals surface area (Å²) >= 11 is 3.66. The first-order chi connectivity index (χ1) is 5.57. The first kappa shape index (κ1) is 12.4. The fourth-order valence-corrected chi connectivity index (χ4v) is 1.41. The van der Waals surface area contributed by atoms with Crippen molar-refractivity contribution in [1.29, 1.82) is 0 Å². The summed E-state index contributed by atoms with van der Waals surface area (Å²) in [5.74, 6) is 1.38. The minimum Gasteiger partial charge on any atom is -0.396 e. The van der Waals surface area contributed by atoms with Crippen molar-refractivity contribution in [2.24, 2.45) is 11.8 Å². The maximum Gasteiger partial charge on any atom is 0.0433 e. The molecule has 0 bridgehead atoms. The van der Waals surface area contributed by atoms with Gasteiger partial charge in [-0.3, -0.25) is 0 Å². The maximum atomic E-state index is 8.70. The van der Waals surface area contributed by atoms with Crippen LogP contribution >= 0.6 is 15.9 Å². The number of hydrogen-bond acceptors (Lipinski definition) is 1. The summed E-state index contributed by atoms with van der Waals surface area (Å²) in [5.41, 5.74) is 0. The molecule has 0 aromatic carbocycles. The van der Waals surface area contributed by atoms with Crippen LogP contribution in [-0.4, -0.2) is 16.5 Å². The Labute approximate surface area is 84.7 Å². The first-order valence-corrected chi connectivity index (χ1v) is 5.74. The molecule has 0 radical (unpaired) electrons. The molecule has 0 saturated heterocycles. The van der Waals surface area contributed by atoms with Gasteiger partial charge in [0.05, 0.1) is 0 Å². The van der Waals surface area contributed by atoms with Gasteiger partial charge in [0.25, 0.3) is 0 Å². The summed E-state index contributed by atoms with van der Waals surface area (Å²) in [6.07, 6.45) is 3.38. The highest BCUT2D eigenvalue weighted by molar-refractivity contribution is 9.09. The van der Waals surface area contributed by atoms with Gasteiger partial charge in [0.15, 0.2) is 0 Å². The number of halogens is 1. The normalized spacial score (nSPS) is 16.5. The second kappa shape index (κ2) is 6.90. The van der Waals surface area contributed by atoms with Crippen molar-refractivity contribution in [3.63, 3.8) is 0 Å². The van der Waals surface area contributed by atoms with Crippen molar-refractivity contribution < 1.29 is 5.11 Å². The summed E-state index contributed by atoms with van der Waals surface area (Å²) in [7, 11) is 0. The lowest BCUT2D eigenvalue weighted by molar-refractivity contribution is 0.256. The number of aliphatic hydroxyl groups is 1. The van der Waals surface area contributed by atoms with E-state index in [2.05, 4.69) is 36.7 Å². The van der Waals surface area contributed by atoms with Gasteiger partial charge in [-0.15, -0.1) is 0 Å². The minimum atomic E-state index is 0.329. The van der Waals surface area contributed by atoms with Gasteiger partial charge in [0.2, 0.25) is 0 Å². The van der Waals surface area contributed by atoms with E-state index in [4.69, 9.17) is 5.11 Å². The van der Waals surface area contributed by atoms with Gasteiger partial charge in [-0.2, -0.15) is 0 Å². The topological polar surface area (TPSA) is 20.2 Å². The molecule has 74 valence electrons. The van der Waals surface area contributed by atoms with Gasteiger partial charge in [-0.05, 0) is 31.1 Å². The summed E-state index contributed by atoms with van der Waals surface area (Å²) in [6.45, 7) is 7.00. The van der Waals surface area contributed by atoms with Crippen LogP contribution in [0.4, 0.5) is 0 Å². The Morgan fingerprint density at radius 1 is 1.08 bits per heavy atom. The van der Waals surface area contributed by atoms with Crippen LogP contribution in [0.5, 0.6) is 0 Å². The molecule has 2 unspecified atom stereocenters. The van der Waals surface area contributed by atoms with Gasteiger partial charge in [0, 0.05) is 11.4 Å². The molecule has 2 atom stereocenters. The van der Waals surface area contributed by atoms with Crippen LogP contribution in [0.2, 0.25) is 0 Å². The predicted octanol–water partition coefficient (Wildman–Crippen LogP) is 3.20. The zero-order valence-corrected chi connectivity index (χ0v) is 9.97. The van der Waals surface area contributed by atoms with E-state index in [0.717, 1.165) is 6.42 Å². The van der Waals surface area contributed by atoms with E-state index in [-0.39, 0.29) is 0 Å². The molecule has 0 heterocycles. The van der Waals surface area contributed by atoms with E-state index < -0.39 is 0 Å². The Hall–Kier alpha value is 0.440. The number of aliphatic hydroxyl groups excluding tert-OH is 1. The molecule has 0 aliphatic carbocycles. The SMILES string of the molecule is CC(CCO)CCC(Br)C(C)C. The fraction of sp³-hybridized carbons (Fsp3) is 1.00. The van der Waals surface area contributed by atoms with Gasteiger partial charge in [-0.1, -0.05) is 36.7 Å². The van der Waals surface area contributed by atoms with Crippen LogP contribution in [0, 0.1) is 11.8 Å². The summed E-state index contributed by atoms with van der Waals surface area (Å²) < 4.78 is 0. The lowest BCUT2D eigenvalue weighted by atomic mass is 9.97. The molecule has 0 rings (SSSR count). The molecule has 0 aliphatic rings. The van der Waals surface area contributed by atoms with Crippen LogP contribution < -0.4 is 0 Å². The highest BCUT2D eigenvalue weighted by Crippen LogP contribution is 2.21. The van der Waals surface area contributed by atoms with Crippen LogP contribution in [0.15, 0.2) is 0 Å². The Balaban J connectivity index is 3.40. The van der Waals surface area contributed by atoms with Crippen molar-refractivity contribution >= 4 is 15.9 Å². The molecular weight excluding hydrogens is 216 g/mol.